The van der Waals surface area contributed by atoms with Gasteiger partial charge < -0.3 is 5.32 Å². The van der Waals surface area contributed by atoms with Gasteiger partial charge in [-0.2, -0.15) is 0 Å². The van der Waals surface area contributed by atoms with Crippen LogP contribution in [0, 0.1) is 11.7 Å². The fourth-order valence-electron chi connectivity index (χ4n) is 2.46. The smallest absolute Gasteiger partial charge is 0.131 e. The lowest BCUT2D eigenvalue weighted by Crippen LogP contribution is -2.11. The molecule has 2 aromatic carbocycles. The molecule has 0 unspecified atom stereocenters. The van der Waals surface area contributed by atoms with E-state index >= 15 is 0 Å². The maximum Gasteiger partial charge on any atom is 0.131 e. The van der Waals surface area contributed by atoms with Crippen molar-refractivity contribution in [3.8, 4) is 11.1 Å². The van der Waals surface area contributed by atoms with Crippen molar-refractivity contribution in [2.45, 2.75) is 33.7 Å². The van der Waals surface area contributed by atoms with Gasteiger partial charge in [-0.15, -0.1) is 0 Å². The van der Waals surface area contributed by atoms with Crippen LogP contribution in [0.1, 0.15) is 31.9 Å². The Morgan fingerprint density at radius 3 is 2.24 bits per heavy atom. The van der Waals surface area contributed by atoms with Crippen molar-refractivity contribution in [3.05, 3.63) is 59.4 Å². The second-order valence-corrected chi connectivity index (χ2v) is 5.89. The highest BCUT2D eigenvalue weighted by Crippen LogP contribution is 2.24. The topological polar surface area (TPSA) is 12.0 Å². The second kappa shape index (κ2) is 7.37. The predicted molar refractivity (Wildman–Crippen MR) is 87.8 cm³/mol. The first-order valence-electron chi connectivity index (χ1n) is 7.68. The van der Waals surface area contributed by atoms with Crippen molar-refractivity contribution in [2.24, 2.45) is 5.92 Å². The minimum Gasteiger partial charge on any atom is -0.313 e. The van der Waals surface area contributed by atoms with Crippen LogP contribution in [-0.4, -0.2) is 6.54 Å². The molecule has 2 aromatic rings. The van der Waals surface area contributed by atoms with E-state index in [4.69, 9.17) is 0 Å². The third-order valence-electron chi connectivity index (χ3n) is 3.52. The largest absolute Gasteiger partial charge is 0.313 e. The molecule has 0 amide bonds. The van der Waals surface area contributed by atoms with E-state index in [0.717, 1.165) is 24.1 Å². The van der Waals surface area contributed by atoms with Gasteiger partial charge in [-0.05, 0) is 41.6 Å². The molecule has 0 aliphatic carbocycles. The third-order valence-corrected chi connectivity index (χ3v) is 3.52. The van der Waals surface area contributed by atoms with Crippen molar-refractivity contribution in [1.82, 2.24) is 5.32 Å². The van der Waals surface area contributed by atoms with E-state index in [2.05, 4.69) is 31.3 Å². The summed E-state index contributed by atoms with van der Waals surface area (Å²) in [6.45, 7) is 8.05. The van der Waals surface area contributed by atoms with E-state index in [9.17, 15) is 4.39 Å². The summed E-state index contributed by atoms with van der Waals surface area (Å²) in [5, 5.41) is 3.21. The van der Waals surface area contributed by atoms with Crippen LogP contribution in [0.2, 0.25) is 0 Å². The minimum atomic E-state index is -0.151. The van der Waals surface area contributed by atoms with Crippen molar-refractivity contribution >= 4 is 0 Å². The molecule has 0 aliphatic heterocycles. The molecule has 0 radical (unpaired) electrons. The maximum absolute atomic E-state index is 14.2. The molecular formula is C19H24FN. The molecule has 0 saturated heterocycles. The van der Waals surface area contributed by atoms with Gasteiger partial charge in [-0.1, -0.05) is 57.2 Å². The Hall–Kier alpha value is -1.67. The van der Waals surface area contributed by atoms with Crippen LogP contribution in [-0.2, 0) is 13.0 Å². The van der Waals surface area contributed by atoms with E-state index in [-0.39, 0.29) is 5.82 Å². The average Bonchev–Trinajstić information content (AvgIpc) is 2.46. The molecule has 0 atom stereocenters. The summed E-state index contributed by atoms with van der Waals surface area (Å²) in [4.78, 5) is 0. The van der Waals surface area contributed by atoms with Crippen LogP contribution in [0.25, 0.3) is 11.1 Å². The fraction of sp³-hybridized carbons (Fsp3) is 0.368. The van der Waals surface area contributed by atoms with Gasteiger partial charge in [0, 0.05) is 12.1 Å². The number of benzene rings is 2. The molecular weight excluding hydrogens is 261 g/mol. The number of halogens is 1. The molecule has 2 heteroatoms. The molecule has 0 aliphatic rings. The molecule has 1 nitrogen and oxygen atoms in total. The molecule has 0 heterocycles. The highest BCUT2D eigenvalue weighted by Gasteiger charge is 2.06. The van der Waals surface area contributed by atoms with Crippen LogP contribution in [0.3, 0.4) is 0 Å². The Balaban J connectivity index is 2.17. The molecule has 0 aromatic heterocycles. The zero-order valence-electron chi connectivity index (χ0n) is 13.1. The van der Waals surface area contributed by atoms with Crippen LogP contribution in [0.5, 0.6) is 0 Å². The zero-order valence-corrected chi connectivity index (χ0v) is 13.1. The Labute approximate surface area is 127 Å². The number of rotatable bonds is 6. The molecule has 0 spiro atoms. The van der Waals surface area contributed by atoms with Crippen molar-refractivity contribution < 1.29 is 4.39 Å². The predicted octanol–water partition coefficient (Wildman–Crippen LogP) is 4.80. The van der Waals surface area contributed by atoms with Crippen molar-refractivity contribution in [3.63, 3.8) is 0 Å². The molecule has 2 rings (SSSR count). The van der Waals surface area contributed by atoms with E-state index in [1.807, 2.05) is 31.2 Å². The first-order chi connectivity index (χ1) is 10.1. The van der Waals surface area contributed by atoms with E-state index in [1.54, 1.807) is 6.07 Å². The summed E-state index contributed by atoms with van der Waals surface area (Å²) >= 11 is 0. The maximum atomic E-state index is 14.2. The number of hydrogen-bond acceptors (Lipinski definition) is 1. The lowest BCUT2D eigenvalue weighted by Gasteiger charge is -2.09. The highest BCUT2D eigenvalue weighted by molar-refractivity contribution is 5.64. The zero-order chi connectivity index (χ0) is 15.2. The quantitative estimate of drug-likeness (QED) is 0.804. The van der Waals surface area contributed by atoms with Gasteiger partial charge >= 0.3 is 0 Å². The molecule has 21 heavy (non-hydrogen) atoms. The lowest BCUT2D eigenvalue weighted by atomic mass is 9.98. The molecule has 112 valence electrons. The van der Waals surface area contributed by atoms with Crippen LogP contribution < -0.4 is 5.32 Å². The van der Waals surface area contributed by atoms with Gasteiger partial charge in [0.1, 0.15) is 5.82 Å². The molecule has 0 bridgehead atoms. The van der Waals surface area contributed by atoms with Gasteiger partial charge in [0.25, 0.3) is 0 Å². The van der Waals surface area contributed by atoms with Crippen molar-refractivity contribution in [1.29, 1.82) is 0 Å². The third kappa shape index (κ3) is 4.40. The summed E-state index contributed by atoms with van der Waals surface area (Å²) in [5.74, 6) is 0.486. The first-order valence-corrected chi connectivity index (χ1v) is 7.68. The Bertz CT molecular complexity index is 573. The van der Waals surface area contributed by atoms with Gasteiger partial charge in [0.2, 0.25) is 0 Å². The monoisotopic (exact) mass is 285 g/mol. The average molecular weight is 285 g/mol. The summed E-state index contributed by atoms with van der Waals surface area (Å²) in [5.41, 5.74) is 3.90. The first kappa shape index (κ1) is 15.7. The molecule has 0 saturated carbocycles. The lowest BCUT2D eigenvalue weighted by molar-refractivity contribution is 0.625. The number of nitrogens with one attached hydrogen (secondary N) is 1. The molecule has 0 fully saturated rings. The Kier molecular flexibility index (Phi) is 5.51. The Morgan fingerprint density at radius 2 is 1.67 bits per heavy atom. The fourth-order valence-corrected chi connectivity index (χ4v) is 2.46. The van der Waals surface area contributed by atoms with Gasteiger partial charge in [-0.3, -0.25) is 0 Å². The highest BCUT2D eigenvalue weighted by atomic mass is 19.1. The van der Waals surface area contributed by atoms with Crippen LogP contribution >= 0.6 is 0 Å². The van der Waals surface area contributed by atoms with E-state index < -0.39 is 0 Å². The van der Waals surface area contributed by atoms with Crippen LogP contribution in [0.15, 0.2) is 42.5 Å². The molecule has 1 N–H and O–H groups in total. The van der Waals surface area contributed by atoms with E-state index in [1.165, 1.54) is 5.56 Å². The number of hydrogen-bond donors (Lipinski definition) is 1. The van der Waals surface area contributed by atoms with Gasteiger partial charge in [-0.25, -0.2) is 4.39 Å². The summed E-state index contributed by atoms with van der Waals surface area (Å²) in [7, 11) is 0. The summed E-state index contributed by atoms with van der Waals surface area (Å²) < 4.78 is 14.2. The minimum absolute atomic E-state index is 0.151. The summed E-state index contributed by atoms with van der Waals surface area (Å²) in [6, 6.07) is 13.7. The second-order valence-electron chi connectivity index (χ2n) is 5.89. The summed E-state index contributed by atoms with van der Waals surface area (Å²) in [6.07, 6.45) is 1.06. The van der Waals surface area contributed by atoms with Gasteiger partial charge in [0.15, 0.2) is 0 Å². The Morgan fingerprint density at radius 1 is 1.00 bits per heavy atom. The van der Waals surface area contributed by atoms with Crippen LogP contribution in [0.4, 0.5) is 4.39 Å². The normalized spacial score (nSPS) is 11.1. The SMILES string of the molecule is CCNCc1ccc(-c2ccc(CC(C)C)cc2)c(F)c1. The van der Waals surface area contributed by atoms with Gasteiger partial charge in [0.05, 0.1) is 0 Å². The van der Waals surface area contributed by atoms with E-state index in [0.29, 0.717) is 18.0 Å². The van der Waals surface area contributed by atoms with Crippen molar-refractivity contribution in [2.75, 3.05) is 6.54 Å². The standard InChI is InChI=1S/C19H24FN/c1-4-21-13-16-7-10-18(19(20)12-16)17-8-5-15(6-9-17)11-14(2)3/h5-10,12,14,21H,4,11,13H2,1-3H3.